The Bertz CT molecular complexity index is 654. The molecule has 3 rings (SSSR count). The minimum atomic E-state index is 1.01. The summed E-state index contributed by atoms with van der Waals surface area (Å²) in [4.78, 5) is 5.67. The van der Waals surface area contributed by atoms with Crippen LogP contribution in [0.2, 0.25) is 0 Å². The van der Waals surface area contributed by atoms with E-state index in [1.807, 2.05) is 6.20 Å². The Hall–Kier alpha value is -1.13. The minimum absolute atomic E-state index is 1.01. The molecule has 0 aromatic carbocycles. The summed E-state index contributed by atoms with van der Waals surface area (Å²) >= 11 is 5.18. The van der Waals surface area contributed by atoms with Gasteiger partial charge in [0, 0.05) is 6.20 Å². The van der Waals surface area contributed by atoms with Crippen LogP contribution in [0.4, 0.5) is 0 Å². The van der Waals surface area contributed by atoms with Crippen LogP contribution in [0.15, 0.2) is 40.4 Å². The summed E-state index contributed by atoms with van der Waals surface area (Å²) in [6.45, 7) is 2.10. The van der Waals surface area contributed by atoms with Gasteiger partial charge in [-0.05, 0) is 46.6 Å². The van der Waals surface area contributed by atoms with Gasteiger partial charge >= 0.3 is 0 Å². The van der Waals surface area contributed by atoms with Gasteiger partial charge in [-0.25, -0.2) is 4.98 Å². The second-order valence-corrected chi connectivity index (χ2v) is 6.10. The number of fused-ring (bicyclic) bond motifs is 1. The van der Waals surface area contributed by atoms with E-state index in [1.54, 1.807) is 11.3 Å². The highest BCUT2D eigenvalue weighted by atomic mass is 79.9. The summed E-state index contributed by atoms with van der Waals surface area (Å²) in [5, 5.41) is 0. The molecule has 3 aromatic rings. The van der Waals surface area contributed by atoms with Gasteiger partial charge in [0.2, 0.25) is 0 Å². The van der Waals surface area contributed by atoms with Crippen molar-refractivity contribution in [3.8, 4) is 10.7 Å². The van der Waals surface area contributed by atoms with Crippen LogP contribution in [-0.2, 0) is 0 Å². The molecule has 0 unspecified atom stereocenters. The fraction of sp³-hybridized carbons (Fsp3) is 0.0833. The number of nitrogens with zero attached hydrogens (tertiary/aromatic N) is 2. The number of thiophene rings is 1. The molecule has 0 saturated heterocycles. The van der Waals surface area contributed by atoms with Crippen molar-refractivity contribution in [2.24, 2.45) is 0 Å². The van der Waals surface area contributed by atoms with Crippen molar-refractivity contribution in [2.45, 2.75) is 6.92 Å². The molecule has 2 nitrogen and oxygen atoms in total. The van der Waals surface area contributed by atoms with E-state index in [4.69, 9.17) is 0 Å². The van der Waals surface area contributed by atoms with Crippen LogP contribution in [-0.4, -0.2) is 9.38 Å². The number of hydrogen-bond acceptors (Lipinski definition) is 2. The lowest BCUT2D eigenvalue weighted by Gasteiger charge is -2.00. The van der Waals surface area contributed by atoms with E-state index >= 15 is 0 Å². The topological polar surface area (TPSA) is 17.3 Å². The van der Waals surface area contributed by atoms with Gasteiger partial charge in [0.05, 0.1) is 20.4 Å². The Morgan fingerprint density at radius 1 is 1.31 bits per heavy atom. The molecule has 0 aliphatic rings. The van der Waals surface area contributed by atoms with E-state index in [1.165, 1.54) is 16.0 Å². The molecule has 0 amide bonds. The molecule has 0 aliphatic carbocycles. The number of hydrogen-bond donors (Lipinski definition) is 0. The van der Waals surface area contributed by atoms with Crippen LogP contribution >= 0.6 is 27.3 Å². The van der Waals surface area contributed by atoms with E-state index in [-0.39, 0.29) is 0 Å². The molecule has 0 spiro atoms. The number of aryl methyl sites for hydroxylation is 1. The van der Waals surface area contributed by atoms with Gasteiger partial charge < -0.3 is 0 Å². The van der Waals surface area contributed by atoms with Crippen molar-refractivity contribution >= 4 is 32.8 Å². The summed E-state index contributed by atoms with van der Waals surface area (Å²) < 4.78 is 3.26. The van der Waals surface area contributed by atoms with Crippen LogP contribution in [0.25, 0.3) is 16.2 Å². The van der Waals surface area contributed by atoms with E-state index < -0.39 is 0 Å². The molecule has 0 fully saturated rings. The zero-order valence-corrected chi connectivity index (χ0v) is 11.0. The van der Waals surface area contributed by atoms with Crippen LogP contribution in [0.3, 0.4) is 0 Å². The maximum absolute atomic E-state index is 4.49. The number of pyridine rings is 1. The monoisotopic (exact) mass is 292 g/mol. The maximum Gasteiger partial charge on any atom is 0.154 e. The highest BCUT2D eigenvalue weighted by molar-refractivity contribution is 9.11. The fourth-order valence-electron chi connectivity index (χ4n) is 1.78. The molecular weight excluding hydrogens is 284 g/mol. The molecule has 0 N–H and O–H groups in total. The quantitative estimate of drug-likeness (QED) is 0.659. The number of aromatic nitrogens is 2. The summed E-state index contributed by atoms with van der Waals surface area (Å²) in [6.07, 6.45) is 3.98. The van der Waals surface area contributed by atoms with Crippen molar-refractivity contribution in [2.75, 3.05) is 0 Å². The van der Waals surface area contributed by atoms with Crippen molar-refractivity contribution < 1.29 is 0 Å². The highest BCUT2D eigenvalue weighted by Gasteiger charge is 2.09. The molecule has 0 bridgehead atoms. The first-order chi connectivity index (χ1) is 7.75. The smallest absolute Gasteiger partial charge is 0.154 e. The fourth-order valence-corrected chi connectivity index (χ4v) is 3.16. The molecule has 0 saturated carbocycles. The van der Waals surface area contributed by atoms with Gasteiger partial charge in [-0.2, -0.15) is 0 Å². The number of imidazole rings is 1. The SMILES string of the molecule is Cc1cccn2c(-c3ccc(Br)s3)ncc12. The van der Waals surface area contributed by atoms with Gasteiger partial charge in [-0.3, -0.25) is 4.40 Å². The van der Waals surface area contributed by atoms with Gasteiger partial charge in [0.25, 0.3) is 0 Å². The van der Waals surface area contributed by atoms with Crippen LogP contribution in [0.1, 0.15) is 5.56 Å². The van der Waals surface area contributed by atoms with Gasteiger partial charge in [-0.1, -0.05) is 6.07 Å². The van der Waals surface area contributed by atoms with Crippen molar-refractivity contribution in [3.05, 3.63) is 46.0 Å². The molecular formula is C12H9BrN2S. The standard InChI is InChI=1S/C12H9BrN2S/c1-8-3-2-6-15-9(8)7-14-12(15)10-4-5-11(13)16-10/h2-7H,1H3. The normalized spacial score (nSPS) is 11.1. The average molecular weight is 293 g/mol. The Labute approximate surface area is 106 Å². The predicted molar refractivity (Wildman–Crippen MR) is 70.9 cm³/mol. The largest absolute Gasteiger partial charge is 0.299 e. The lowest BCUT2D eigenvalue weighted by Crippen LogP contribution is -1.88. The lowest BCUT2D eigenvalue weighted by atomic mass is 10.2. The van der Waals surface area contributed by atoms with Crippen molar-refractivity contribution in [3.63, 3.8) is 0 Å². The Morgan fingerprint density at radius 2 is 2.19 bits per heavy atom. The zero-order chi connectivity index (χ0) is 11.1. The minimum Gasteiger partial charge on any atom is -0.299 e. The molecule has 0 atom stereocenters. The molecule has 3 heterocycles. The molecule has 0 aliphatic heterocycles. The van der Waals surface area contributed by atoms with Gasteiger partial charge in [0.1, 0.15) is 0 Å². The molecule has 80 valence electrons. The van der Waals surface area contributed by atoms with Gasteiger partial charge in [0.15, 0.2) is 5.82 Å². The van der Waals surface area contributed by atoms with E-state index in [9.17, 15) is 0 Å². The summed E-state index contributed by atoms with van der Waals surface area (Å²) in [5.74, 6) is 1.01. The van der Waals surface area contributed by atoms with E-state index in [0.717, 1.165) is 9.61 Å². The van der Waals surface area contributed by atoms with Crippen LogP contribution in [0, 0.1) is 6.92 Å². The lowest BCUT2D eigenvalue weighted by molar-refractivity contribution is 1.16. The van der Waals surface area contributed by atoms with Crippen molar-refractivity contribution in [1.82, 2.24) is 9.38 Å². The summed E-state index contributed by atoms with van der Waals surface area (Å²) in [5.41, 5.74) is 2.42. The second-order valence-electron chi connectivity index (χ2n) is 3.63. The maximum atomic E-state index is 4.49. The first-order valence-corrected chi connectivity index (χ1v) is 6.55. The first-order valence-electron chi connectivity index (χ1n) is 4.94. The average Bonchev–Trinajstić information content (AvgIpc) is 2.84. The van der Waals surface area contributed by atoms with Crippen molar-refractivity contribution in [1.29, 1.82) is 0 Å². The second kappa shape index (κ2) is 3.71. The molecule has 4 heteroatoms. The molecule has 3 aromatic heterocycles. The zero-order valence-electron chi connectivity index (χ0n) is 8.64. The van der Waals surface area contributed by atoms with E-state index in [2.05, 4.69) is 62.7 Å². The number of halogens is 1. The molecule has 16 heavy (non-hydrogen) atoms. The van der Waals surface area contributed by atoms with E-state index in [0.29, 0.717) is 0 Å². The predicted octanol–water partition coefficient (Wildman–Crippen LogP) is 4.13. The number of rotatable bonds is 1. The van der Waals surface area contributed by atoms with Crippen LogP contribution in [0.5, 0.6) is 0 Å². The molecule has 0 radical (unpaired) electrons. The Morgan fingerprint density at radius 3 is 2.94 bits per heavy atom. The first kappa shape index (κ1) is 10.1. The summed E-state index contributed by atoms with van der Waals surface area (Å²) in [7, 11) is 0. The Balaban J connectivity index is 2.29. The highest BCUT2D eigenvalue weighted by Crippen LogP contribution is 2.31. The third-order valence-electron chi connectivity index (χ3n) is 2.58. The van der Waals surface area contributed by atoms with Gasteiger partial charge in [-0.15, -0.1) is 11.3 Å². The third-order valence-corrected chi connectivity index (χ3v) is 4.20. The Kier molecular flexibility index (Phi) is 2.33. The summed E-state index contributed by atoms with van der Waals surface area (Å²) in [6, 6.07) is 8.30. The third kappa shape index (κ3) is 1.49. The van der Waals surface area contributed by atoms with Crippen LogP contribution < -0.4 is 0 Å².